The van der Waals surface area contributed by atoms with Crippen molar-refractivity contribution >= 4 is 5.84 Å². The fraction of sp³-hybridized carbons (Fsp3) is 0.412. The molecule has 1 aromatic carbocycles. The number of amidine groups is 1. The molecule has 1 aromatic heterocycles. The van der Waals surface area contributed by atoms with Crippen LogP contribution in [0, 0.1) is 6.92 Å². The topological polar surface area (TPSA) is 63.5 Å². The summed E-state index contributed by atoms with van der Waals surface area (Å²) in [6, 6.07) is 8.11. The van der Waals surface area contributed by atoms with E-state index in [1.807, 2.05) is 42.9 Å². The van der Waals surface area contributed by atoms with Gasteiger partial charge in [-0.25, -0.2) is 9.66 Å². The molecule has 0 aliphatic carbocycles. The first kappa shape index (κ1) is 15.6. The van der Waals surface area contributed by atoms with Crippen LogP contribution in [0.1, 0.15) is 19.2 Å². The van der Waals surface area contributed by atoms with Crippen LogP contribution in [0.2, 0.25) is 0 Å². The Labute approximate surface area is 136 Å². The second-order valence-corrected chi connectivity index (χ2v) is 5.58. The van der Waals surface area contributed by atoms with Crippen LogP contribution in [-0.4, -0.2) is 41.7 Å². The molecule has 2 N–H and O–H groups in total. The molecular formula is C17H23N5O. The number of aliphatic imine (C=N–C) groups is 1. The highest BCUT2D eigenvalue weighted by Crippen LogP contribution is 2.24. The number of hydrogen-bond acceptors (Lipinski definition) is 5. The lowest BCUT2D eigenvalue weighted by molar-refractivity contribution is 0.308. The minimum Gasteiger partial charge on any atom is -0.494 e. The van der Waals surface area contributed by atoms with Crippen molar-refractivity contribution in [2.45, 2.75) is 20.3 Å². The van der Waals surface area contributed by atoms with Crippen molar-refractivity contribution in [2.75, 3.05) is 31.7 Å². The van der Waals surface area contributed by atoms with Gasteiger partial charge in [0.2, 0.25) is 0 Å². The average Bonchev–Trinajstić information content (AvgIpc) is 2.90. The van der Waals surface area contributed by atoms with Gasteiger partial charge in [-0.15, -0.1) is 0 Å². The van der Waals surface area contributed by atoms with E-state index in [2.05, 4.69) is 26.8 Å². The molecule has 2 aromatic rings. The number of aromatic nitrogens is 2. The molecule has 0 spiro atoms. The van der Waals surface area contributed by atoms with E-state index in [0.717, 1.165) is 54.7 Å². The molecule has 1 aliphatic rings. The van der Waals surface area contributed by atoms with Crippen molar-refractivity contribution in [3.05, 3.63) is 36.3 Å². The average molecular weight is 313 g/mol. The number of hydrogen-bond donors (Lipinski definition) is 2. The van der Waals surface area contributed by atoms with Gasteiger partial charge in [-0.05, 0) is 38.9 Å². The maximum absolute atomic E-state index is 5.85. The number of ether oxygens (including phenoxy) is 1. The Morgan fingerprint density at radius 1 is 1.22 bits per heavy atom. The molecule has 0 radical (unpaired) electrons. The van der Waals surface area contributed by atoms with E-state index >= 15 is 0 Å². The van der Waals surface area contributed by atoms with E-state index < -0.39 is 0 Å². The molecule has 6 heteroatoms. The van der Waals surface area contributed by atoms with Gasteiger partial charge in [-0.3, -0.25) is 10.4 Å². The molecule has 0 atom stereocenters. The van der Waals surface area contributed by atoms with Crippen molar-refractivity contribution in [3.8, 4) is 17.0 Å². The molecule has 3 rings (SSSR count). The summed E-state index contributed by atoms with van der Waals surface area (Å²) in [7, 11) is 0. The quantitative estimate of drug-likeness (QED) is 0.782. The minimum atomic E-state index is 0.704. The molecule has 122 valence electrons. The van der Waals surface area contributed by atoms with E-state index in [0.29, 0.717) is 6.61 Å². The summed E-state index contributed by atoms with van der Waals surface area (Å²) >= 11 is 0. The number of nitrogens with one attached hydrogen (secondary N) is 2. The first-order chi connectivity index (χ1) is 11.2. The Hall–Kier alpha value is -2.34. The monoisotopic (exact) mass is 313 g/mol. The maximum Gasteiger partial charge on any atom is 0.125 e. The Bertz CT molecular complexity index is 692. The molecule has 2 heterocycles. The lowest BCUT2D eigenvalue weighted by atomic mass is 10.1. The lowest BCUT2D eigenvalue weighted by Crippen LogP contribution is -2.24. The summed E-state index contributed by atoms with van der Waals surface area (Å²) in [5, 5.41) is 3.37. The van der Waals surface area contributed by atoms with E-state index in [1.54, 1.807) is 0 Å². The lowest BCUT2D eigenvalue weighted by Gasteiger charge is -2.13. The van der Waals surface area contributed by atoms with Crippen LogP contribution in [0.5, 0.6) is 5.75 Å². The van der Waals surface area contributed by atoms with Gasteiger partial charge < -0.3 is 10.1 Å². The summed E-state index contributed by atoms with van der Waals surface area (Å²) in [6.45, 7) is 7.19. The third-order valence-electron chi connectivity index (χ3n) is 3.75. The van der Waals surface area contributed by atoms with Crippen LogP contribution in [0.15, 0.2) is 35.5 Å². The van der Waals surface area contributed by atoms with Gasteiger partial charge in [-0.1, -0.05) is 12.1 Å². The maximum atomic E-state index is 5.85. The number of fused-ring (bicyclic) bond motifs is 4. The third-order valence-corrected chi connectivity index (χ3v) is 3.75. The first-order valence-corrected chi connectivity index (χ1v) is 8.00. The number of nitrogens with zero attached hydrogens (tertiary/aromatic N) is 3. The second-order valence-electron chi connectivity index (χ2n) is 5.58. The molecule has 0 saturated carbocycles. The molecule has 23 heavy (non-hydrogen) atoms. The molecular weight excluding hydrogens is 290 g/mol. The highest BCUT2D eigenvalue weighted by molar-refractivity contribution is 5.87. The van der Waals surface area contributed by atoms with Crippen molar-refractivity contribution in [1.82, 2.24) is 15.0 Å². The molecule has 2 bridgehead atoms. The Balaban J connectivity index is 1.96. The third kappa shape index (κ3) is 3.90. The van der Waals surface area contributed by atoms with Gasteiger partial charge in [0.05, 0.1) is 25.0 Å². The number of benzene rings is 1. The molecule has 1 aliphatic heterocycles. The van der Waals surface area contributed by atoms with Crippen LogP contribution in [0.3, 0.4) is 0 Å². The van der Waals surface area contributed by atoms with Crippen LogP contribution < -0.4 is 15.5 Å². The Morgan fingerprint density at radius 3 is 3.04 bits per heavy atom. The predicted molar refractivity (Wildman–Crippen MR) is 92.7 cm³/mol. The molecule has 0 amide bonds. The zero-order chi connectivity index (χ0) is 16.1. The van der Waals surface area contributed by atoms with Gasteiger partial charge >= 0.3 is 0 Å². The number of aryl methyl sites for hydroxylation is 1. The summed E-state index contributed by atoms with van der Waals surface area (Å²) in [5.74, 6) is 2.65. The van der Waals surface area contributed by atoms with E-state index in [9.17, 15) is 0 Å². The molecule has 0 fully saturated rings. The van der Waals surface area contributed by atoms with Gasteiger partial charge in [0.15, 0.2) is 0 Å². The SMILES string of the molecule is CC1=NCCNCCCOc2cccc(c2)-c2cnc(C)n2N1. The van der Waals surface area contributed by atoms with Crippen LogP contribution in [-0.2, 0) is 0 Å². The normalized spacial score (nSPS) is 16.2. The Morgan fingerprint density at radius 2 is 2.13 bits per heavy atom. The van der Waals surface area contributed by atoms with Crippen molar-refractivity contribution in [1.29, 1.82) is 0 Å². The molecule has 0 saturated heterocycles. The number of rotatable bonds is 0. The fourth-order valence-corrected chi connectivity index (χ4v) is 2.55. The van der Waals surface area contributed by atoms with Crippen molar-refractivity contribution in [2.24, 2.45) is 4.99 Å². The van der Waals surface area contributed by atoms with Gasteiger partial charge in [0, 0.05) is 12.1 Å². The molecule has 6 nitrogen and oxygen atoms in total. The predicted octanol–water partition coefficient (Wildman–Crippen LogP) is 2.19. The fourth-order valence-electron chi connectivity index (χ4n) is 2.55. The summed E-state index contributed by atoms with van der Waals surface area (Å²) in [6.07, 6.45) is 2.84. The van der Waals surface area contributed by atoms with Crippen LogP contribution in [0.25, 0.3) is 11.3 Å². The largest absolute Gasteiger partial charge is 0.494 e. The minimum absolute atomic E-state index is 0.704. The van der Waals surface area contributed by atoms with Crippen molar-refractivity contribution in [3.63, 3.8) is 0 Å². The van der Waals surface area contributed by atoms with Crippen LogP contribution >= 0.6 is 0 Å². The van der Waals surface area contributed by atoms with Gasteiger partial charge in [0.25, 0.3) is 0 Å². The first-order valence-electron chi connectivity index (χ1n) is 8.00. The van der Waals surface area contributed by atoms with Crippen molar-refractivity contribution < 1.29 is 4.74 Å². The second kappa shape index (κ2) is 7.28. The highest BCUT2D eigenvalue weighted by Gasteiger charge is 2.10. The smallest absolute Gasteiger partial charge is 0.125 e. The van der Waals surface area contributed by atoms with Gasteiger partial charge in [0.1, 0.15) is 17.4 Å². The zero-order valence-electron chi connectivity index (χ0n) is 13.7. The summed E-state index contributed by atoms with van der Waals surface area (Å²) in [4.78, 5) is 8.97. The van der Waals surface area contributed by atoms with Gasteiger partial charge in [-0.2, -0.15) is 0 Å². The van der Waals surface area contributed by atoms with Crippen LogP contribution in [0.4, 0.5) is 0 Å². The summed E-state index contributed by atoms with van der Waals surface area (Å²) in [5.41, 5.74) is 5.38. The van der Waals surface area contributed by atoms with E-state index in [-0.39, 0.29) is 0 Å². The van der Waals surface area contributed by atoms with E-state index in [1.165, 1.54) is 0 Å². The number of imidazole rings is 1. The highest BCUT2D eigenvalue weighted by atomic mass is 16.5. The Kier molecular flexibility index (Phi) is 4.92. The standard InChI is InChI=1S/C17H23N5O/c1-13-19-9-8-18-7-4-10-23-16-6-3-5-15(11-16)17-12-20-14(2)22(17)21-13/h3,5-6,11-12,18H,4,7-10H2,1-2H3,(H,19,21). The zero-order valence-corrected chi connectivity index (χ0v) is 13.7. The molecule has 0 unspecified atom stereocenters. The van der Waals surface area contributed by atoms with E-state index in [4.69, 9.17) is 4.74 Å². The summed E-state index contributed by atoms with van der Waals surface area (Å²) < 4.78 is 7.81.